The van der Waals surface area contributed by atoms with Crippen molar-refractivity contribution in [2.24, 2.45) is 12.8 Å². The maximum atomic E-state index is 12.0. The van der Waals surface area contributed by atoms with E-state index in [2.05, 4.69) is 5.10 Å². The van der Waals surface area contributed by atoms with E-state index in [0.717, 1.165) is 18.7 Å². The highest BCUT2D eigenvalue weighted by Crippen LogP contribution is 2.14. The number of nitrogens with two attached hydrogens (primary N) is 1. The van der Waals surface area contributed by atoms with E-state index in [9.17, 15) is 4.79 Å². The molecular weight excluding hydrogens is 192 g/mol. The van der Waals surface area contributed by atoms with Crippen molar-refractivity contribution < 1.29 is 4.79 Å². The van der Waals surface area contributed by atoms with Crippen molar-refractivity contribution in [2.45, 2.75) is 19.4 Å². The summed E-state index contributed by atoms with van der Waals surface area (Å²) >= 11 is 0. The van der Waals surface area contributed by atoms with Crippen LogP contribution in [-0.2, 0) is 7.05 Å². The first-order valence-corrected chi connectivity index (χ1v) is 5.13. The zero-order valence-corrected chi connectivity index (χ0v) is 9.10. The second-order valence-electron chi connectivity index (χ2n) is 4.10. The second-order valence-corrected chi connectivity index (χ2v) is 4.10. The lowest BCUT2D eigenvalue weighted by Crippen LogP contribution is -2.32. The molecule has 0 bridgehead atoms. The maximum absolute atomic E-state index is 12.0. The first-order valence-electron chi connectivity index (χ1n) is 5.13. The number of carbonyl (C=O) groups excluding carboxylic acids is 1. The highest BCUT2D eigenvalue weighted by atomic mass is 16.2. The molecule has 2 rings (SSSR count). The molecule has 1 amide bonds. The van der Waals surface area contributed by atoms with Crippen molar-refractivity contribution in [3.8, 4) is 0 Å². The summed E-state index contributed by atoms with van der Waals surface area (Å²) in [5.74, 6) is 0.0496. The molecule has 0 aromatic carbocycles. The van der Waals surface area contributed by atoms with Crippen LogP contribution < -0.4 is 5.73 Å². The van der Waals surface area contributed by atoms with Crippen LogP contribution in [0, 0.1) is 6.92 Å². The third-order valence-electron chi connectivity index (χ3n) is 2.76. The molecular formula is C10H16N4O. The monoisotopic (exact) mass is 208 g/mol. The average molecular weight is 208 g/mol. The third kappa shape index (κ3) is 1.87. The number of carbonyl (C=O) groups is 1. The molecule has 1 fully saturated rings. The molecule has 0 radical (unpaired) electrons. The number of rotatable bonds is 1. The molecule has 1 aromatic rings. The Kier molecular flexibility index (Phi) is 2.48. The molecule has 5 nitrogen and oxygen atoms in total. The van der Waals surface area contributed by atoms with E-state index in [1.165, 1.54) is 0 Å². The molecule has 5 heteroatoms. The topological polar surface area (TPSA) is 64.2 Å². The number of aryl methyl sites for hydroxylation is 2. The van der Waals surface area contributed by atoms with Crippen LogP contribution in [0.25, 0.3) is 0 Å². The van der Waals surface area contributed by atoms with Crippen LogP contribution in [0.1, 0.15) is 22.5 Å². The Bertz CT molecular complexity index is 385. The molecule has 0 spiro atoms. The predicted molar refractivity (Wildman–Crippen MR) is 56.4 cm³/mol. The van der Waals surface area contributed by atoms with Gasteiger partial charge >= 0.3 is 0 Å². The van der Waals surface area contributed by atoms with Crippen molar-refractivity contribution in [3.05, 3.63) is 17.5 Å². The van der Waals surface area contributed by atoms with Gasteiger partial charge in [-0.15, -0.1) is 0 Å². The maximum Gasteiger partial charge on any atom is 0.257 e. The van der Waals surface area contributed by atoms with Gasteiger partial charge in [-0.1, -0.05) is 0 Å². The van der Waals surface area contributed by atoms with Gasteiger partial charge in [-0.25, -0.2) is 0 Å². The lowest BCUT2D eigenvalue weighted by atomic mass is 10.2. The molecule has 15 heavy (non-hydrogen) atoms. The SMILES string of the molecule is Cc1nn(C)cc1C(=O)N1CC[C@H](N)C1. The smallest absolute Gasteiger partial charge is 0.257 e. The molecule has 1 atom stereocenters. The van der Waals surface area contributed by atoms with Crippen LogP contribution in [0.3, 0.4) is 0 Å². The molecule has 82 valence electrons. The van der Waals surface area contributed by atoms with Crippen molar-refractivity contribution in [1.82, 2.24) is 14.7 Å². The minimum absolute atomic E-state index is 0.0496. The predicted octanol–water partition coefficient (Wildman–Crippen LogP) is -0.0983. The first-order chi connectivity index (χ1) is 7.08. The lowest BCUT2D eigenvalue weighted by molar-refractivity contribution is 0.0790. The minimum Gasteiger partial charge on any atom is -0.337 e. The van der Waals surface area contributed by atoms with Gasteiger partial charge in [-0.3, -0.25) is 9.48 Å². The van der Waals surface area contributed by atoms with Crippen LogP contribution in [0.2, 0.25) is 0 Å². The third-order valence-corrected chi connectivity index (χ3v) is 2.76. The quantitative estimate of drug-likeness (QED) is 0.701. The van der Waals surface area contributed by atoms with Gasteiger partial charge in [0.15, 0.2) is 0 Å². The number of aromatic nitrogens is 2. The van der Waals surface area contributed by atoms with E-state index in [4.69, 9.17) is 5.73 Å². The molecule has 0 aliphatic carbocycles. The molecule has 2 N–H and O–H groups in total. The van der Waals surface area contributed by atoms with Gasteiger partial charge in [0.2, 0.25) is 0 Å². The van der Waals surface area contributed by atoms with Crippen LogP contribution in [0.4, 0.5) is 0 Å². The minimum atomic E-state index is 0.0496. The van der Waals surface area contributed by atoms with Gasteiger partial charge in [0.05, 0.1) is 11.3 Å². The molecule has 0 saturated carbocycles. The normalized spacial score (nSPS) is 21.0. The van der Waals surface area contributed by atoms with Gasteiger partial charge < -0.3 is 10.6 Å². The van der Waals surface area contributed by atoms with Crippen LogP contribution >= 0.6 is 0 Å². The zero-order valence-electron chi connectivity index (χ0n) is 9.10. The molecule has 1 aliphatic rings. The van der Waals surface area contributed by atoms with Gasteiger partial charge in [-0.2, -0.15) is 5.10 Å². The summed E-state index contributed by atoms with van der Waals surface area (Å²) in [6.07, 6.45) is 2.66. The summed E-state index contributed by atoms with van der Waals surface area (Å²) in [5.41, 5.74) is 7.24. The summed E-state index contributed by atoms with van der Waals surface area (Å²) in [6.45, 7) is 3.27. The summed E-state index contributed by atoms with van der Waals surface area (Å²) < 4.78 is 1.67. The van der Waals surface area contributed by atoms with Crippen molar-refractivity contribution >= 4 is 5.91 Å². The van der Waals surface area contributed by atoms with E-state index in [-0.39, 0.29) is 11.9 Å². The Labute approximate surface area is 88.8 Å². The number of hydrogen-bond acceptors (Lipinski definition) is 3. The fourth-order valence-corrected chi connectivity index (χ4v) is 1.95. The Morgan fingerprint density at radius 2 is 2.40 bits per heavy atom. The average Bonchev–Trinajstić information content (AvgIpc) is 2.71. The van der Waals surface area contributed by atoms with Gasteiger partial charge in [0, 0.05) is 32.4 Å². The standard InChI is InChI=1S/C10H16N4O/c1-7-9(6-13(2)12-7)10(15)14-4-3-8(11)5-14/h6,8H,3-5,11H2,1-2H3/t8-/m0/s1. The lowest BCUT2D eigenvalue weighted by Gasteiger charge is -2.14. The van der Waals surface area contributed by atoms with Crippen LogP contribution in [-0.4, -0.2) is 39.7 Å². The summed E-state index contributed by atoms with van der Waals surface area (Å²) in [6, 6.07) is 0.130. The van der Waals surface area contributed by atoms with Gasteiger partial charge in [0.25, 0.3) is 5.91 Å². The Morgan fingerprint density at radius 1 is 1.67 bits per heavy atom. The highest BCUT2D eigenvalue weighted by molar-refractivity contribution is 5.95. The van der Waals surface area contributed by atoms with Crippen LogP contribution in [0.15, 0.2) is 6.20 Å². The zero-order chi connectivity index (χ0) is 11.0. The van der Waals surface area contributed by atoms with Crippen LogP contribution in [0.5, 0.6) is 0 Å². The van der Waals surface area contributed by atoms with E-state index in [1.54, 1.807) is 15.8 Å². The van der Waals surface area contributed by atoms with E-state index in [0.29, 0.717) is 12.1 Å². The summed E-state index contributed by atoms with van der Waals surface area (Å²) in [4.78, 5) is 13.8. The molecule has 2 heterocycles. The van der Waals surface area contributed by atoms with Gasteiger partial charge in [-0.05, 0) is 13.3 Å². The largest absolute Gasteiger partial charge is 0.337 e. The Balaban J connectivity index is 2.17. The summed E-state index contributed by atoms with van der Waals surface area (Å²) in [5, 5.41) is 4.16. The number of hydrogen-bond donors (Lipinski definition) is 1. The Hall–Kier alpha value is -1.36. The summed E-state index contributed by atoms with van der Waals surface area (Å²) in [7, 11) is 1.82. The van der Waals surface area contributed by atoms with E-state index in [1.807, 2.05) is 14.0 Å². The van der Waals surface area contributed by atoms with Crippen molar-refractivity contribution in [3.63, 3.8) is 0 Å². The number of likely N-dealkylation sites (tertiary alicyclic amines) is 1. The van der Waals surface area contributed by atoms with E-state index < -0.39 is 0 Å². The van der Waals surface area contributed by atoms with Crippen molar-refractivity contribution in [2.75, 3.05) is 13.1 Å². The van der Waals surface area contributed by atoms with Gasteiger partial charge in [0.1, 0.15) is 0 Å². The number of amides is 1. The highest BCUT2D eigenvalue weighted by Gasteiger charge is 2.26. The second kappa shape index (κ2) is 3.66. The molecule has 1 aromatic heterocycles. The molecule has 0 unspecified atom stereocenters. The fourth-order valence-electron chi connectivity index (χ4n) is 1.95. The fraction of sp³-hybridized carbons (Fsp3) is 0.600. The van der Waals surface area contributed by atoms with E-state index >= 15 is 0 Å². The first kappa shape index (κ1) is 10.2. The molecule has 1 saturated heterocycles. The number of nitrogens with zero attached hydrogens (tertiary/aromatic N) is 3. The molecule has 1 aliphatic heterocycles. The Morgan fingerprint density at radius 3 is 2.87 bits per heavy atom. The van der Waals surface area contributed by atoms with Crippen molar-refractivity contribution in [1.29, 1.82) is 0 Å².